The van der Waals surface area contributed by atoms with Crippen LogP contribution in [0.2, 0.25) is 0 Å². The lowest BCUT2D eigenvalue weighted by atomic mass is 10.2. The van der Waals surface area contributed by atoms with Crippen LogP contribution in [-0.2, 0) is 11.3 Å². The van der Waals surface area contributed by atoms with E-state index in [0.717, 1.165) is 0 Å². The van der Waals surface area contributed by atoms with E-state index in [2.05, 4.69) is 20.7 Å². The van der Waals surface area contributed by atoms with Gasteiger partial charge in [-0.3, -0.25) is 9.59 Å². The summed E-state index contributed by atoms with van der Waals surface area (Å²) in [6.07, 6.45) is 2.83. The van der Waals surface area contributed by atoms with E-state index in [1.54, 1.807) is 43.3 Å². The maximum Gasteiger partial charge on any atom is 0.291 e. The van der Waals surface area contributed by atoms with Crippen molar-refractivity contribution < 1.29 is 14.0 Å². The van der Waals surface area contributed by atoms with E-state index < -0.39 is 0 Å². The van der Waals surface area contributed by atoms with Crippen molar-refractivity contribution >= 4 is 23.2 Å². The molecule has 0 aliphatic heterocycles. The van der Waals surface area contributed by atoms with E-state index in [0.29, 0.717) is 17.1 Å². The molecule has 3 rings (SSSR count). The Labute approximate surface area is 137 Å². The van der Waals surface area contributed by atoms with Crippen molar-refractivity contribution in [1.29, 1.82) is 0 Å². The summed E-state index contributed by atoms with van der Waals surface area (Å²) in [6.45, 7) is 1.85. The maximum absolute atomic E-state index is 12.0. The Balaban J connectivity index is 1.57. The zero-order valence-electron chi connectivity index (χ0n) is 12.9. The summed E-state index contributed by atoms with van der Waals surface area (Å²) < 4.78 is 6.69. The number of carbonyl (C=O) groups excluding carboxylic acids is 2. The number of furan rings is 1. The Morgan fingerprint density at radius 1 is 1.08 bits per heavy atom. The number of nitrogens with one attached hydrogen (secondary N) is 2. The van der Waals surface area contributed by atoms with Gasteiger partial charge >= 0.3 is 0 Å². The minimum Gasteiger partial charge on any atom is -0.456 e. The molecule has 0 radical (unpaired) electrons. The fourth-order valence-electron chi connectivity index (χ4n) is 2.05. The lowest BCUT2D eigenvalue weighted by Gasteiger charge is -2.07. The van der Waals surface area contributed by atoms with Gasteiger partial charge in [0.1, 0.15) is 25.0 Å². The molecule has 0 unspecified atom stereocenters. The van der Waals surface area contributed by atoms with E-state index in [1.165, 1.54) is 17.3 Å². The number of nitrogens with zero attached hydrogens (tertiary/aromatic N) is 3. The molecule has 0 fully saturated rings. The molecule has 122 valence electrons. The van der Waals surface area contributed by atoms with Crippen LogP contribution >= 0.6 is 0 Å². The Kier molecular flexibility index (Phi) is 4.37. The average molecular weight is 325 g/mol. The lowest BCUT2D eigenvalue weighted by molar-refractivity contribution is -0.116. The summed E-state index contributed by atoms with van der Waals surface area (Å²) >= 11 is 0. The number of amides is 2. The molecule has 0 atom stereocenters. The van der Waals surface area contributed by atoms with Gasteiger partial charge in [0.15, 0.2) is 5.76 Å². The minimum atomic E-state index is -0.328. The maximum atomic E-state index is 12.0. The molecule has 2 heterocycles. The van der Waals surface area contributed by atoms with Gasteiger partial charge in [0.25, 0.3) is 5.91 Å². The second-order valence-electron chi connectivity index (χ2n) is 5.08. The smallest absolute Gasteiger partial charge is 0.291 e. The number of aryl methyl sites for hydroxylation is 1. The van der Waals surface area contributed by atoms with Crippen molar-refractivity contribution in [1.82, 2.24) is 14.8 Å². The molecule has 3 aromatic rings. The molecule has 0 saturated carbocycles. The summed E-state index contributed by atoms with van der Waals surface area (Å²) in [7, 11) is 0. The highest BCUT2D eigenvalue weighted by atomic mass is 16.3. The van der Waals surface area contributed by atoms with Crippen LogP contribution in [-0.4, -0.2) is 26.6 Å². The first-order valence-electron chi connectivity index (χ1n) is 7.20. The topological polar surface area (TPSA) is 102 Å². The van der Waals surface area contributed by atoms with Crippen LogP contribution in [0, 0.1) is 6.92 Å². The highest BCUT2D eigenvalue weighted by Gasteiger charge is 2.10. The zero-order chi connectivity index (χ0) is 16.9. The first-order valence-corrected chi connectivity index (χ1v) is 7.20. The van der Waals surface area contributed by atoms with E-state index in [-0.39, 0.29) is 24.1 Å². The second kappa shape index (κ2) is 6.78. The van der Waals surface area contributed by atoms with E-state index in [9.17, 15) is 9.59 Å². The highest BCUT2D eigenvalue weighted by molar-refractivity contribution is 6.02. The SMILES string of the molecule is Cc1ccc(C(=O)Nc2ccc(NC(=O)Cn3cncn3)cc2)o1. The van der Waals surface area contributed by atoms with Gasteiger partial charge in [-0.15, -0.1) is 0 Å². The van der Waals surface area contributed by atoms with E-state index in [1.807, 2.05) is 0 Å². The normalized spacial score (nSPS) is 10.4. The molecule has 0 bridgehead atoms. The number of aromatic nitrogens is 3. The van der Waals surface area contributed by atoms with Gasteiger partial charge in [-0.25, -0.2) is 9.67 Å². The fourth-order valence-corrected chi connectivity index (χ4v) is 2.05. The summed E-state index contributed by atoms with van der Waals surface area (Å²) in [5.74, 6) is 0.373. The predicted molar refractivity (Wildman–Crippen MR) is 86.5 cm³/mol. The molecule has 2 N–H and O–H groups in total. The van der Waals surface area contributed by atoms with Gasteiger partial charge in [0, 0.05) is 11.4 Å². The van der Waals surface area contributed by atoms with Crippen LogP contribution in [0.4, 0.5) is 11.4 Å². The van der Waals surface area contributed by atoms with Crippen molar-refractivity contribution in [3.8, 4) is 0 Å². The third-order valence-corrected chi connectivity index (χ3v) is 3.16. The molecule has 2 aromatic heterocycles. The monoisotopic (exact) mass is 325 g/mol. The molecule has 0 spiro atoms. The summed E-state index contributed by atoms with van der Waals surface area (Å²) in [5, 5.41) is 9.32. The van der Waals surface area contributed by atoms with Crippen LogP contribution in [0.25, 0.3) is 0 Å². The largest absolute Gasteiger partial charge is 0.456 e. The average Bonchev–Trinajstić information content (AvgIpc) is 3.21. The quantitative estimate of drug-likeness (QED) is 0.747. The number of anilines is 2. The third-order valence-electron chi connectivity index (χ3n) is 3.16. The number of benzene rings is 1. The molecule has 1 aromatic carbocycles. The van der Waals surface area contributed by atoms with Gasteiger partial charge in [-0.2, -0.15) is 5.10 Å². The Hall–Kier alpha value is -3.42. The molecule has 0 saturated heterocycles. The molecule has 8 nitrogen and oxygen atoms in total. The number of hydrogen-bond acceptors (Lipinski definition) is 5. The third kappa shape index (κ3) is 3.86. The van der Waals surface area contributed by atoms with E-state index >= 15 is 0 Å². The van der Waals surface area contributed by atoms with Gasteiger partial charge < -0.3 is 15.1 Å². The van der Waals surface area contributed by atoms with Crippen molar-refractivity contribution in [3.63, 3.8) is 0 Å². The first-order chi connectivity index (χ1) is 11.6. The molecular weight excluding hydrogens is 310 g/mol. The van der Waals surface area contributed by atoms with E-state index in [4.69, 9.17) is 4.42 Å². The van der Waals surface area contributed by atoms with Crippen LogP contribution in [0.5, 0.6) is 0 Å². The number of hydrogen-bond donors (Lipinski definition) is 2. The second-order valence-corrected chi connectivity index (χ2v) is 5.08. The Morgan fingerprint density at radius 3 is 2.38 bits per heavy atom. The fraction of sp³-hybridized carbons (Fsp3) is 0.125. The molecule has 24 heavy (non-hydrogen) atoms. The van der Waals surface area contributed by atoms with Crippen molar-refractivity contribution in [3.05, 3.63) is 60.6 Å². The van der Waals surface area contributed by atoms with Gasteiger partial charge in [-0.1, -0.05) is 0 Å². The van der Waals surface area contributed by atoms with Crippen LogP contribution in [0.15, 0.2) is 53.5 Å². The highest BCUT2D eigenvalue weighted by Crippen LogP contribution is 2.15. The first kappa shape index (κ1) is 15.5. The predicted octanol–water partition coefficient (Wildman–Crippen LogP) is 2.07. The minimum absolute atomic E-state index is 0.0797. The van der Waals surface area contributed by atoms with Crippen LogP contribution < -0.4 is 10.6 Å². The number of carbonyl (C=O) groups is 2. The van der Waals surface area contributed by atoms with Crippen molar-refractivity contribution in [2.75, 3.05) is 10.6 Å². The molecular formula is C16H15N5O3. The molecule has 8 heteroatoms. The standard InChI is InChI=1S/C16H15N5O3/c1-11-2-7-14(24-11)16(23)20-13-5-3-12(4-6-13)19-15(22)8-21-10-17-9-18-21/h2-7,9-10H,8H2,1H3,(H,19,22)(H,20,23). The molecule has 0 aliphatic carbocycles. The zero-order valence-corrected chi connectivity index (χ0v) is 12.9. The Morgan fingerprint density at radius 2 is 1.79 bits per heavy atom. The lowest BCUT2D eigenvalue weighted by Crippen LogP contribution is -2.19. The van der Waals surface area contributed by atoms with Crippen LogP contribution in [0.1, 0.15) is 16.3 Å². The number of rotatable bonds is 5. The van der Waals surface area contributed by atoms with Gasteiger partial charge in [-0.05, 0) is 43.3 Å². The van der Waals surface area contributed by atoms with Crippen molar-refractivity contribution in [2.45, 2.75) is 13.5 Å². The summed E-state index contributed by atoms with van der Waals surface area (Å²) in [6, 6.07) is 10.1. The van der Waals surface area contributed by atoms with Crippen LogP contribution in [0.3, 0.4) is 0 Å². The molecule has 0 aliphatic rings. The Bertz CT molecular complexity index is 837. The molecule has 2 amide bonds. The summed E-state index contributed by atoms with van der Waals surface area (Å²) in [5.41, 5.74) is 1.22. The summed E-state index contributed by atoms with van der Waals surface area (Å²) in [4.78, 5) is 27.6. The van der Waals surface area contributed by atoms with Gasteiger partial charge in [0.05, 0.1) is 0 Å². The van der Waals surface area contributed by atoms with Crippen molar-refractivity contribution in [2.24, 2.45) is 0 Å². The van der Waals surface area contributed by atoms with Gasteiger partial charge in [0.2, 0.25) is 5.91 Å².